The van der Waals surface area contributed by atoms with Crippen LogP contribution in [-0.4, -0.2) is 42.2 Å². The number of hydrogen-bond acceptors (Lipinski definition) is 8. The van der Waals surface area contributed by atoms with E-state index in [1.165, 1.54) is 32.0 Å². The number of fused-ring (bicyclic) bond motifs is 2. The second kappa shape index (κ2) is 10.4. The minimum absolute atomic E-state index is 0.178. The smallest absolute Gasteiger partial charge is 0.346 e. The highest BCUT2D eigenvalue weighted by Crippen LogP contribution is 2.37. The second-order valence-corrected chi connectivity index (χ2v) is 8.69. The van der Waals surface area contributed by atoms with Gasteiger partial charge in [0.1, 0.15) is 5.58 Å². The summed E-state index contributed by atoms with van der Waals surface area (Å²) >= 11 is 6.45. The van der Waals surface area contributed by atoms with Crippen molar-refractivity contribution >= 4 is 45.7 Å². The maximum atomic E-state index is 13.5. The fraction of sp³-hybridized carbons (Fsp3) is 0.143. The van der Waals surface area contributed by atoms with Crippen LogP contribution in [0, 0.1) is 0 Å². The topological polar surface area (TPSA) is 105 Å². The van der Waals surface area contributed by atoms with Crippen LogP contribution in [-0.2, 0) is 9.53 Å². The van der Waals surface area contributed by atoms with E-state index in [1.54, 1.807) is 30.3 Å². The standard InChI is InChI=1S/C28H22ClN3O6/c1-16(28(34)36-3)37-25-20(29)12-17(13-23(25)35-2)15-30-32-26(24-14-18-8-4-7-11-22(18)38-24)31-21-10-6-5-9-19(21)27(32)33/h4-16H,1-3H3/t16-/m0/s1. The van der Waals surface area contributed by atoms with Crippen molar-refractivity contribution in [2.45, 2.75) is 13.0 Å². The molecular weight excluding hydrogens is 510 g/mol. The molecule has 0 aliphatic heterocycles. The molecule has 9 nitrogen and oxygen atoms in total. The molecular formula is C28H22ClN3O6. The van der Waals surface area contributed by atoms with Gasteiger partial charge >= 0.3 is 5.97 Å². The number of esters is 1. The molecule has 5 aromatic rings. The molecule has 2 heterocycles. The Morgan fingerprint density at radius 1 is 1.11 bits per heavy atom. The number of carbonyl (C=O) groups excluding carboxylic acids is 1. The minimum atomic E-state index is -0.903. The van der Waals surface area contributed by atoms with Crippen molar-refractivity contribution in [1.29, 1.82) is 0 Å². The minimum Gasteiger partial charge on any atom is -0.493 e. The number of halogens is 1. The van der Waals surface area contributed by atoms with Gasteiger partial charge in [0.25, 0.3) is 5.56 Å². The molecule has 0 amide bonds. The summed E-state index contributed by atoms with van der Waals surface area (Å²) in [6, 6.07) is 19.5. The SMILES string of the molecule is COC(=O)[C@H](C)Oc1c(Cl)cc(C=Nn2c(-c3cc4ccccc4o3)nc3ccccc3c2=O)cc1OC. The lowest BCUT2D eigenvalue weighted by Crippen LogP contribution is -2.25. The molecule has 3 aromatic carbocycles. The van der Waals surface area contributed by atoms with Crippen molar-refractivity contribution in [2.75, 3.05) is 14.2 Å². The van der Waals surface area contributed by atoms with Crippen molar-refractivity contribution < 1.29 is 23.4 Å². The van der Waals surface area contributed by atoms with E-state index in [-0.39, 0.29) is 27.9 Å². The van der Waals surface area contributed by atoms with Gasteiger partial charge in [-0.2, -0.15) is 9.78 Å². The fourth-order valence-corrected chi connectivity index (χ4v) is 4.19. The summed E-state index contributed by atoms with van der Waals surface area (Å²) in [4.78, 5) is 29.9. The first-order valence-corrected chi connectivity index (χ1v) is 11.9. The number of rotatable bonds is 7. The molecule has 10 heteroatoms. The first kappa shape index (κ1) is 25.0. The van der Waals surface area contributed by atoms with Crippen molar-refractivity contribution in [1.82, 2.24) is 9.66 Å². The monoisotopic (exact) mass is 531 g/mol. The zero-order valence-corrected chi connectivity index (χ0v) is 21.4. The van der Waals surface area contributed by atoms with Gasteiger partial charge in [0.15, 0.2) is 23.4 Å². The van der Waals surface area contributed by atoms with Gasteiger partial charge in [-0.25, -0.2) is 9.78 Å². The van der Waals surface area contributed by atoms with Crippen LogP contribution in [0.3, 0.4) is 0 Å². The van der Waals surface area contributed by atoms with E-state index in [0.717, 1.165) is 5.39 Å². The molecule has 0 aliphatic carbocycles. The molecule has 38 heavy (non-hydrogen) atoms. The number of carbonyl (C=O) groups is 1. The molecule has 0 N–H and O–H groups in total. The summed E-state index contributed by atoms with van der Waals surface area (Å²) in [5, 5.41) is 5.90. The molecule has 192 valence electrons. The number of ether oxygens (including phenoxy) is 3. The van der Waals surface area contributed by atoms with Crippen LogP contribution < -0.4 is 15.0 Å². The van der Waals surface area contributed by atoms with Gasteiger partial charge in [-0.05, 0) is 48.9 Å². The van der Waals surface area contributed by atoms with Gasteiger partial charge in [0.05, 0.1) is 36.4 Å². The van der Waals surface area contributed by atoms with Gasteiger partial charge in [-0.3, -0.25) is 4.79 Å². The average Bonchev–Trinajstić information content (AvgIpc) is 3.37. The number of methoxy groups -OCH3 is 2. The lowest BCUT2D eigenvalue weighted by molar-refractivity contribution is -0.147. The lowest BCUT2D eigenvalue weighted by Gasteiger charge is -2.16. The van der Waals surface area contributed by atoms with Crippen LogP contribution in [0.2, 0.25) is 5.02 Å². The van der Waals surface area contributed by atoms with Gasteiger partial charge in [-0.1, -0.05) is 41.9 Å². The molecule has 0 unspecified atom stereocenters. The molecule has 0 radical (unpaired) electrons. The Labute approximate surface area is 221 Å². The quantitative estimate of drug-likeness (QED) is 0.207. The first-order valence-electron chi connectivity index (χ1n) is 11.6. The molecule has 0 bridgehead atoms. The van der Waals surface area contributed by atoms with Crippen LogP contribution in [0.5, 0.6) is 11.5 Å². The zero-order chi connectivity index (χ0) is 26.8. The summed E-state index contributed by atoms with van der Waals surface area (Å²) in [7, 11) is 2.71. The Morgan fingerprint density at radius 2 is 1.87 bits per heavy atom. The normalized spacial score (nSPS) is 12.2. The summed E-state index contributed by atoms with van der Waals surface area (Å²) in [5.41, 5.74) is 1.33. The van der Waals surface area contributed by atoms with Gasteiger partial charge in [-0.15, -0.1) is 0 Å². The largest absolute Gasteiger partial charge is 0.493 e. The predicted molar refractivity (Wildman–Crippen MR) is 144 cm³/mol. The third kappa shape index (κ3) is 4.71. The lowest BCUT2D eigenvalue weighted by atomic mass is 10.2. The van der Waals surface area contributed by atoms with Crippen LogP contribution in [0.15, 0.2) is 81.0 Å². The Morgan fingerprint density at radius 3 is 2.63 bits per heavy atom. The molecule has 0 aliphatic rings. The number of furan rings is 1. The Balaban J connectivity index is 1.60. The number of para-hydroxylation sites is 2. The summed E-state index contributed by atoms with van der Waals surface area (Å²) in [6.07, 6.45) is 0.547. The first-order chi connectivity index (χ1) is 18.4. The molecule has 0 fully saturated rings. The number of nitrogens with zero attached hydrogens (tertiary/aromatic N) is 3. The predicted octanol–water partition coefficient (Wildman–Crippen LogP) is 5.29. The van der Waals surface area contributed by atoms with E-state index in [9.17, 15) is 9.59 Å². The van der Waals surface area contributed by atoms with E-state index in [1.807, 2.05) is 36.4 Å². The van der Waals surface area contributed by atoms with E-state index >= 15 is 0 Å². The van der Waals surface area contributed by atoms with Gasteiger partial charge in [0.2, 0.25) is 5.82 Å². The fourth-order valence-electron chi connectivity index (χ4n) is 3.93. The summed E-state index contributed by atoms with van der Waals surface area (Å²) in [6.45, 7) is 1.54. The number of hydrogen-bond donors (Lipinski definition) is 0. The van der Waals surface area contributed by atoms with Gasteiger partial charge < -0.3 is 18.6 Å². The van der Waals surface area contributed by atoms with Gasteiger partial charge in [0, 0.05) is 5.39 Å². The highest BCUT2D eigenvalue weighted by atomic mass is 35.5. The number of benzene rings is 3. The van der Waals surface area contributed by atoms with Crippen LogP contribution in [0.4, 0.5) is 0 Å². The highest BCUT2D eigenvalue weighted by Gasteiger charge is 2.21. The summed E-state index contributed by atoms with van der Waals surface area (Å²) in [5.74, 6) is 0.524. The van der Waals surface area contributed by atoms with Crippen molar-refractivity contribution in [3.05, 3.63) is 87.7 Å². The summed E-state index contributed by atoms with van der Waals surface area (Å²) < 4.78 is 23.0. The van der Waals surface area contributed by atoms with E-state index in [4.69, 9.17) is 30.2 Å². The maximum Gasteiger partial charge on any atom is 0.346 e. The molecule has 5 rings (SSSR count). The third-order valence-electron chi connectivity index (χ3n) is 5.80. The van der Waals surface area contributed by atoms with Crippen LogP contribution >= 0.6 is 11.6 Å². The Kier molecular flexibility index (Phi) is 6.85. The maximum absolute atomic E-state index is 13.5. The van der Waals surface area contributed by atoms with E-state index in [2.05, 4.69) is 10.1 Å². The van der Waals surface area contributed by atoms with Crippen molar-refractivity contribution in [2.24, 2.45) is 5.10 Å². The molecule has 0 saturated heterocycles. The number of aromatic nitrogens is 2. The molecule has 1 atom stereocenters. The highest BCUT2D eigenvalue weighted by molar-refractivity contribution is 6.32. The third-order valence-corrected chi connectivity index (χ3v) is 6.08. The molecule has 2 aromatic heterocycles. The Hall–Kier alpha value is -4.63. The molecule has 0 saturated carbocycles. The Bertz CT molecular complexity index is 1720. The van der Waals surface area contributed by atoms with Crippen molar-refractivity contribution in [3.8, 4) is 23.1 Å². The van der Waals surface area contributed by atoms with Crippen LogP contribution in [0.1, 0.15) is 12.5 Å². The second-order valence-electron chi connectivity index (χ2n) is 8.28. The van der Waals surface area contributed by atoms with E-state index < -0.39 is 12.1 Å². The van der Waals surface area contributed by atoms with E-state index in [0.29, 0.717) is 27.8 Å². The zero-order valence-electron chi connectivity index (χ0n) is 20.7. The van der Waals surface area contributed by atoms with Crippen LogP contribution in [0.25, 0.3) is 33.5 Å². The average molecular weight is 532 g/mol. The van der Waals surface area contributed by atoms with Crippen molar-refractivity contribution in [3.63, 3.8) is 0 Å². The molecule has 0 spiro atoms.